The Hall–Kier alpha value is -3.34. The van der Waals surface area contributed by atoms with Gasteiger partial charge in [0.25, 0.3) is 11.6 Å². The summed E-state index contributed by atoms with van der Waals surface area (Å²) in [5.74, 6) is -0.224. The highest BCUT2D eigenvalue weighted by molar-refractivity contribution is 7.80. The summed E-state index contributed by atoms with van der Waals surface area (Å²) in [5.41, 5.74) is 2.08. The van der Waals surface area contributed by atoms with Gasteiger partial charge < -0.3 is 9.73 Å². The van der Waals surface area contributed by atoms with Crippen molar-refractivity contribution in [1.82, 2.24) is 10.3 Å². The number of carbonyl (C=O) groups excluding carboxylic acids is 1. The van der Waals surface area contributed by atoms with E-state index in [4.69, 9.17) is 28.2 Å². The molecular weight excluding hydrogens is 460 g/mol. The molecule has 1 amide bonds. The zero-order valence-corrected chi connectivity index (χ0v) is 18.2. The van der Waals surface area contributed by atoms with E-state index in [1.54, 1.807) is 24.3 Å². The van der Waals surface area contributed by atoms with Crippen molar-refractivity contribution in [1.29, 1.82) is 0 Å². The predicted molar refractivity (Wildman–Crippen MR) is 124 cm³/mol. The van der Waals surface area contributed by atoms with Crippen molar-refractivity contribution in [3.05, 3.63) is 75.0 Å². The summed E-state index contributed by atoms with van der Waals surface area (Å²) in [5, 5.41) is 17.5. The fourth-order valence-electron chi connectivity index (χ4n) is 2.78. The van der Waals surface area contributed by atoms with Crippen molar-refractivity contribution < 1.29 is 14.1 Å². The van der Waals surface area contributed by atoms with Gasteiger partial charge in [-0.3, -0.25) is 20.2 Å². The predicted octanol–water partition coefficient (Wildman–Crippen LogP) is 5.55. The molecule has 2 heterocycles. The highest BCUT2D eigenvalue weighted by Crippen LogP contribution is 2.30. The van der Waals surface area contributed by atoms with Gasteiger partial charge in [0, 0.05) is 22.7 Å². The van der Waals surface area contributed by atoms with Crippen LogP contribution in [0.3, 0.4) is 0 Å². The van der Waals surface area contributed by atoms with Crippen LogP contribution < -0.4 is 10.6 Å². The SMILES string of the molecule is Cc1cc2sc(NC(=S)NC(=O)c3ccc(-c4cccc([N+](=O)[O-])c4)o3)nc2cc1Cl. The summed E-state index contributed by atoms with van der Waals surface area (Å²) >= 11 is 12.7. The number of hydrogen-bond donors (Lipinski definition) is 2. The van der Waals surface area contributed by atoms with Gasteiger partial charge in [-0.05, 0) is 49.0 Å². The Morgan fingerprint density at radius 2 is 2.06 bits per heavy atom. The lowest BCUT2D eigenvalue weighted by Gasteiger charge is -2.05. The highest BCUT2D eigenvalue weighted by atomic mass is 35.5. The number of nitro benzene ring substituents is 1. The number of non-ortho nitro benzene ring substituents is 1. The molecule has 156 valence electrons. The molecule has 11 heteroatoms. The standard InChI is InChI=1S/C20H13ClN4O4S2/c1-10-7-17-14(9-13(10)21)22-20(31-17)24-19(30)23-18(26)16-6-5-15(29-16)11-3-2-4-12(8-11)25(27)28/h2-9H,1H3,(H2,22,23,24,26,30). The van der Waals surface area contributed by atoms with Crippen molar-refractivity contribution in [2.75, 3.05) is 5.32 Å². The minimum atomic E-state index is -0.561. The molecule has 2 aromatic carbocycles. The van der Waals surface area contributed by atoms with Crippen LogP contribution in [0, 0.1) is 17.0 Å². The molecule has 0 atom stereocenters. The molecule has 8 nitrogen and oxygen atoms in total. The number of nitrogens with one attached hydrogen (secondary N) is 2. The number of nitrogens with zero attached hydrogens (tertiary/aromatic N) is 2. The Balaban J connectivity index is 1.44. The van der Waals surface area contributed by atoms with Gasteiger partial charge in [0.1, 0.15) is 5.76 Å². The second kappa shape index (κ2) is 8.42. The third-order valence-electron chi connectivity index (χ3n) is 4.29. The quantitative estimate of drug-likeness (QED) is 0.227. The third-order valence-corrected chi connectivity index (χ3v) is 5.83. The van der Waals surface area contributed by atoms with E-state index in [1.807, 2.05) is 13.0 Å². The van der Waals surface area contributed by atoms with Crippen LogP contribution in [0.5, 0.6) is 0 Å². The number of thiocarbonyl (C=S) groups is 1. The molecule has 0 unspecified atom stereocenters. The average molecular weight is 473 g/mol. The number of aryl methyl sites for hydroxylation is 1. The summed E-state index contributed by atoms with van der Waals surface area (Å²) in [4.78, 5) is 27.3. The molecule has 0 aliphatic carbocycles. The number of halogens is 1. The zero-order chi connectivity index (χ0) is 22.1. The maximum atomic E-state index is 12.5. The summed E-state index contributed by atoms with van der Waals surface area (Å²) in [6, 6.07) is 12.7. The maximum Gasteiger partial charge on any atom is 0.293 e. The number of aromatic nitrogens is 1. The number of furan rings is 1. The van der Waals surface area contributed by atoms with Gasteiger partial charge in [-0.2, -0.15) is 0 Å². The number of thiazole rings is 1. The molecule has 0 saturated carbocycles. The normalized spacial score (nSPS) is 10.8. The number of carbonyl (C=O) groups is 1. The van der Waals surface area contributed by atoms with E-state index in [0.717, 1.165) is 15.8 Å². The van der Waals surface area contributed by atoms with Crippen LogP contribution in [-0.4, -0.2) is 20.9 Å². The minimum Gasteiger partial charge on any atom is -0.451 e. The molecule has 0 bridgehead atoms. The zero-order valence-electron chi connectivity index (χ0n) is 15.8. The largest absolute Gasteiger partial charge is 0.451 e. The van der Waals surface area contributed by atoms with Crippen LogP contribution in [0.15, 0.2) is 52.9 Å². The number of nitro groups is 1. The van der Waals surface area contributed by atoms with E-state index in [2.05, 4.69) is 15.6 Å². The molecule has 0 saturated heterocycles. The maximum absolute atomic E-state index is 12.5. The first-order valence-corrected chi connectivity index (χ1v) is 10.4. The van der Waals surface area contributed by atoms with Gasteiger partial charge in [0.05, 0.1) is 15.1 Å². The van der Waals surface area contributed by atoms with Crippen LogP contribution in [0.25, 0.3) is 21.5 Å². The molecule has 0 fully saturated rings. The summed E-state index contributed by atoms with van der Waals surface area (Å²) in [6.45, 7) is 1.91. The van der Waals surface area contributed by atoms with Crippen LogP contribution >= 0.6 is 35.2 Å². The molecule has 0 radical (unpaired) electrons. The first-order valence-electron chi connectivity index (χ1n) is 8.84. The van der Waals surface area contributed by atoms with Gasteiger partial charge in [-0.1, -0.05) is 35.1 Å². The fourth-order valence-corrected chi connectivity index (χ4v) is 4.15. The van der Waals surface area contributed by atoms with Gasteiger partial charge in [-0.15, -0.1) is 0 Å². The average Bonchev–Trinajstić information content (AvgIpc) is 3.35. The van der Waals surface area contributed by atoms with Gasteiger partial charge in [0.2, 0.25) is 0 Å². The smallest absolute Gasteiger partial charge is 0.293 e. The molecule has 2 aromatic heterocycles. The van der Waals surface area contributed by atoms with Crippen molar-refractivity contribution in [3.8, 4) is 11.3 Å². The summed E-state index contributed by atoms with van der Waals surface area (Å²) in [6.07, 6.45) is 0. The van der Waals surface area contributed by atoms with Crippen molar-refractivity contribution >= 4 is 67.2 Å². The van der Waals surface area contributed by atoms with Crippen LogP contribution in [0.2, 0.25) is 5.02 Å². The number of amides is 1. The summed E-state index contributed by atoms with van der Waals surface area (Å²) < 4.78 is 6.48. The molecule has 0 spiro atoms. The Morgan fingerprint density at radius 1 is 1.26 bits per heavy atom. The first kappa shape index (κ1) is 20.9. The Labute approximate surface area is 190 Å². The Morgan fingerprint density at radius 3 is 2.84 bits per heavy atom. The highest BCUT2D eigenvalue weighted by Gasteiger charge is 2.16. The topological polar surface area (TPSA) is 110 Å². The second-order valence-electron chi connectivity index (χ2n) is 6.47. The Bertz CT molecular complexity index is 1310. The number of fused-ring (bicyclic) bond motifs is 1. The van der Waals surface area contributed by atoms with E-state index in [9.17, 15) is 14.9 Å². The summed E-state index contributed by atoms with van der Waals surface area (Å²) in [7, 11) is 0. The molecule has 2 N–H and O–H groups in total. The number of benzene rings is 2. The molecule has 31 heavy (non-hydrogen) atoms. The lowest BCUT2D eigenvalue weighted by Crippen LogP contribution is -2.33. The van der Waals surface area contributed by atoms with E-state index in [-0.39, 0.29) is 16.6 Å². The third kappa shape index (κ3) is 4.55. The number of anilines is 1. The van der Waals surface area contributed by atoms with Crippen molar-refractivity contribution in [2.24, 2.45) is 0 Å². The first-order chi connectivity index (χ1) is 14.8. The van der Waals surface area contributed by atoms with E-state index in [1.165, 1.54) is 29.5 Å². The van der Waals surface area contributed by atoms with Crippen LogP contribution in [-0.2, 0) is 0 Å². The Kier molecular flexibility index (Phi) is 5.68. The number of rotatable bonds is 4. The molecule has 4 aromatic rings. The fraction of sp³-hybridized carbons (Fsp3) is 0.0500. The van der Waals surface area contributed by atoms with Gasteiger partial charge >= 0.3 is 0 Å². The van der Waals surface area contributed by atoms with E-state index < -0.39 is 10.8 Å². The van der Waals surface area contributed by atoms with Crippen molar-refractivity contribution in [2.45, 2.75) is 6.92 Å². The number of hydrogen-bond acceptors (Lipinski definition) is 7. The molecule has 0 aliphatic rings. The van der Waals surface area contributed by atoms with E-state index >= 15 is 0 Å². The molecular formula is C20H13ClN4O4S2. The molecule has 4 rings (SSSR count). The van der Waals surface area contributed by atoms with Gasteiger partial charge in [-0.25, -0.2) is 4.98 Å². The lowest BCUT2D eigenvalue weighted by molar-refractivity contribution is -0.384. The van der Waals surface area contributed by atoms with Crippen LogP contribution in [0.4, 0.5) is 10.8 Å². The van der Waals surface area contributed by atoms with Crippen LogP contribution in [0.1, 0.15) is 16.1 Å². The molecule has 0 aliphatic heterocycles. The van der Waals surface area contributed by atoms with Crippen molar-refractivity contribution in [3.63, 3.8) is 0 Å². The monoisotopic (exact) mass is 472 g/mol. The van der Waals surface area contributed by atoms with E-state index in [0.29, 0.717) is 21.5 Å². The second-order valence-corrected chi connectivity index (χ2v) is 8.31. The van der Waals surface area contributed by atoms with Gasteiger partial charge in [0.15, 0.2) is 16.0 Å². The lowest BCUT2D eigenvalue weighted by atomic mass is 10.1. The minimum absolute atomic E-state index is 0.0114.